The number of thioether (sulfide) groups is 4. The minimum Gasteiger partial charge on any atom is -0.353 e. The number of pyridine rings is 2. The van der Waals surface area contributed by atoms with Crippen LogP contribution in [0.2, 0.25) is 0 Å². The van der Waals surface area contributed by atoms with Crippen LogP contribution in [0.25, 0.3) is 0 Å². The summed E-state index contributed by atoms with van der Waals surface area (Å²) in [7, 11) is 4.35. The van der Waals surface area contributed by atoms with Crippen molar-refractivity contribution >= 4 is 92.4 Å². The second-order valence-corrected chi connectivity index (χ2v) is 46.5. The van der Waals surface area contributed by atoms with E-state index in [1.807, 2.05) is 210 Å². The molecule has 0 bridgehead atoms. The van der Waals surface area contributed by atoms with Crippen molar-refractivity contribution < 1.29 is 18.9 Å². The minimum absolute atomic E-state index is 0.0196. The summed E-state index contributed by atoms with van der Waals surface area (Å²) in [6.07, 6.45) is 24.2. The molecule has 1 aliphatic carbocycles. The molecule has 0 radical (unpaired) electrons. The number of aryl methyl sites for hydroxylation is 22. The van der Waals surface area contributed by atoms with Crippen molar-refractivity contribution in [2.75, 3.05) is 89.7 Å². The number of piperazine rings is 1. The van der Waals surface area contributed by atoms with Gasteiger partial charge in [-0.15, -0.1) is 103 Å². The lowest BCUT2D eigenvalue weighted by Crippen LogP contribution is -2.42. The highest BCUT2D eigenvalue weighted by molar-refractivity contribution is 8.17. The highest BCUT2D eigenvalue weighted by Crippen LogP contribution is 2.34. The minimum atomic E-state index is 0.0196. The first-order valence-electron chi connectivity index (χ1n) is 46.1. The number of hydrogen-bond acceptors (Lipinski definition) is 28. The molecule has 5 aliphatic heterocycles. The summed E-state index contributed by atoms with van der Waals surface area (Å²) in [5.41, 5.74) is 13.3. The molecule has 6 fully saturated rings. The Morgan fingerprint density at radius 3 is 0.712 bits per heavy atom. The molecular weight excluding hydrogens is 1790 g/mol. The number of thiazole rings is 2. The molecule has 132 heavy (non-hydrogen) atoms. The Bertz CT molecular complexity index is 3510. The van der Waals surface area contributed by atoms with E-state index in [1.165, 1.54) is 117 Å². The molecule has 1 aromatic carbocycles. The van der Waals surface area contributed by atoms with Crippen molar-refractivity contribution in [3.63, 3.8) is 0 Å². The van der Waals surface area contributed by atoms with E-state index < -0.39 is 0 Å². The predicted octanol–water partition coefficient (Wildman–Crippen LogP) is 26.7. The SMILES string of the molecule is CC1CCC(C)CC1.CC1COC(C)OC1.CC1COC(C)OC1.CC1CSC(C)SC1.CC1CSC(C)SC1.CN1CCN(C)CC1.Cc1ccc(C)cc1.Cc1ccc(C)nc1.Cc1ccc(C)nc1.Cc1ccc(C)nn1.Cc1ccc(C)s1.Cc1cnc(C)cn1.Cc1cnc(C)nc1.Cc1cnc(C)nc1.Cc1cnc(C)s1.Cc1cnc(C)s1.Cc1nnc(C)s1. The fourth-order valence-electron chi connectivity index (χ4n) is 10.6. The molecule has 0 spiro atoms. The second kappa shape index (κ2) is 74.7. The number of aromatic nitrogens is 14. The van der Waals surface area contributed by atoms with Gasteiger partial charge in [-0.05, 0) is 299 Å². The number of ether oxygens (including phenoxy) is 4. The van der Waals surface area contributed by atoms with Crippen molar-refractivity contribution in [1.29, 1.82) is 0 Å². The third kappa shape index (κ3) is 72.9. The van der Waals surface area contributed by atoms with Crippen LogP contribution < -0.4 is 0 Å². The van der Waals surface area contributed by atoms with Crippen LogP contribution in [0.15, 0.2) is 135 Å². The average molecular weight is 1960 g/mol. The van der Waals surface area contributed by atoms with Crippen LogP contribution in [0.5, 0.6) is 0 Å². The molecule has 6 aliphatic rings. The van der Waals surface area contributed by atoms with Crippen molar-refractivity contribution in [2.45, 2.75) is 269 Å². The van der Waals surface area contributed by atoms with Gasteiger partial charge < -0.3 is 28.7 Å². The van der Waals surface area contributed by atoms with E-state index in [1.54, 1.807) is 46.4 Å². The third-order valence-corrected chi connectivity index (χ3v) is 28.8. The molecule has 0 atom stereocenters. The maximum absolute atomic E-state index is 5.17. The number of thiophene rings is 1. The first-order valence-corrected chi connectivity index (χ1v) is 53.6. The normalized spacial score (nSPS) is 19.6. The monoisotopic (exact) mass is 1960 g/mol. The van der Waals surface area contributed by atoms with Gasteiger partial charge in [0.1, 0.15) is 21.7 Å². The van der Waals surface area contributed by atoms with Crippen LogP contribution in [0.3, 0.4) is 0 Å². The standard InChI is InChI=1S/C8H16.C8H10.2C7H9N.C6H14N2.4C6H8N2.2C6H12O2.2C6H12S2.C6H8S.2C5H7NS.C4H6N2S/c2*1-7-3-5-8(2)6-4-7;2*1-6-3-4-7(2)8-5-6;1-7-3-5-8(2)6-4-7;1-5-3-8-6(2)4-7-5;2*1-5-3-7-6(2)8-4-5;1-5-3-4-6(2)8-7-5;4*1-5-3-7-6(2)8-4-5;1-5-3-4-6(2)7-5;2*1-4-3-6-5(2)7-4;1-3-5-6-4(2)7-3/h7-8H,3-6H2,1-2H3;3-6H,1-2H3;2*3-5H,1-2H3;3-6H2,1-2H3;4*3-4H,1-2H3;4*5-6H,3-4H2,1-2H3;3-4H,1-2H3;2*3H,1-2H3;1-2H3. The zero-order valence-corrected chi connectivity index (χ0v) is 93.4. The molecule has 10 aromatic heterocycles. The van der Waals surface area contributed by atoms with E-state index >= 15 is 0 Å². The van der Waals surface area contributed by atoms with Crippen molar-refractivity contribution in [2.24, 2.45) is 35.5 Å². The van der Waals surface area contributed by atoms with E-state index in [4.69, 9.17) is 18.9 Å². The highest BCUT2D eigenvalue weighted by Gasteiger charge is 2.18. The molecule has 20 nitrogen and oxygen atoms in total. The van der Waals surface area contributed by atoms with Crippen LogP contribution in [-0.4, -0.2) is 191 Å². The fraction of sp³-hybridized carbons (Fsp3) is 0.577. The van der Waals surface area contributed by atoms with Gasteiger partial charge in [-0.3, -0.25) is 19.9 Å². The van der Waals surface area contributed by atoms with E-state index in [9.17, 15) is 0 Å². The predicted molar refractivity (Wildman–Crippen MR) is 576 cm³/mol. The maximum atomic E-state index is 5.17. The highest BCUT2D eigenvalue weighted by atomic mass is 32.2. The quantitative estimate of drug-likeness (QED) is 0.138. The molecule has 15 heterocycles. The van der Waals surface area contributed by atoms with Gasteiger partial charge in [0.2, 0.25) is 0 Å². The van der Waals surface area contributed by atoms with Crippen LogP contribution in [0.4, 0.5) is 0 Å². The molecule has 0 N–H and O–H groups in total. The molecule has 0 unspecified atom stereocenters. The van der Waals surface area contributed by atoms with Crippen molar-refractivity contribution in [3.8, 4) is 0 Å². The Morgan fingerprint density at radius 1 is 0.242 bits per heavy atom. The lowest BCUT2D eigenvalue weighted by Gasteiger charge is -2.28. The van der Waals surface area contributed by atoms with Crippen LogP contribution in [-0.2, 0) is 18.9 Å². The van der Waals surface area contributed by atoms with Crippen molar-refractivity contribution in [3.05, 3.63) is 253 Å². The maximum Gasteiger partial charge on any atom is 0.154 e. The second-order valence-electron chi connectivity index (χ2n) is 34.6. The molecule has 0 amide bonds. The van der Waals surface area contributed by atoms with E-state index in [2.05, 4.69) is 287 Å². The summed E-state index contributed by atoms with van der Waals surface area (Å²) in [6, 6.07) is 24.8. The molecular formula is C104H166N16O4S8. The summed E-state index contributed by atoms with van der Waals surface area (Å²) in [4.78, 5) is 50.2. The number of hydrogen-bond donors (Lipinski definition) is 0. The van der Waals surface area contributed by atoms with Gasteiger partial charge in [-0.25, -0.2) is 29.9 Å². The zero-order valence-electron chi connectivity index (χ0n) is 86.8. The van der Waals surface area contributed by atoms with E-state index in [0.717, 1.165) is 136 Å². The van der Waals surface area contributed by atoms with E-state index in [0.29, 0.717) is 11.8 Å². The fourth-order valence-corrected chi connectivity index (χ4v) is 18.2. The lowest BCUT2D eigenvalue weighted by molar-refractivity contribution is -0.187. The van der Waals surface area contributed by atoms with Crippen LogP contribution >= 0.6 is 92.4 Å². The number of likely N-dealkylation sites (N-methyl/N-ethyl adjacent to an activating group) is 2. The Morgan fingerprint density at radius 2 is 0.523 bits per heavy atom. The molecule has 734 valence electrons. The van der Waals surface area contributed by atoms with Gasteiger partial charge >= 0.3 is 0 Å². The van der Waals surface area contributed by atoms with Gasteiger partial charge in [0, 0.05) is 140 Å². The van der Waals surface area contributed by atoms with E-state index in [-0.39, 0.29) is 12.6 Å². The smallest absolute Gasteiger partial charge is 0.154 e. The van der Waals surface area contributed by atoms with Crippen LogP contribution in [0, 0.1) is 188 Å². The molecule has 1 saturated carbocycles. The van der Waals surface area contributed by atoms with Gasteiger partial charge in [0.15, 0.2) is 12.6 Å². The Kier molecular flexibility index (Phi) is 69.9. The summed E-state index contributed by atoms with van der Waals surface area (Å²) in [6.45, 7) is 74.3. The first kappa shape index (κ1) is 124. The van der Waals surface area contributed by atoms with Crippen LogP contribution in [0.1, 0.15) is 214 Å². The van der Waals surface area contributed by atoms with Gasteiger partial charge in [-0.1, -0.05) is 115 Å². The lowest BCUT2D eigenvalue weighted by atomic mass is 9.84. The van der Waals surface area contributed by atoms with Gasteiger partial charge in [-0.2, -0.15) is 10.2 Å². The summed E-state index contributed by atoms with van der Waals surface area (Å²) in [5, 5.41) is 19.6. The molecule has 17 rings (SSSR count). The summed E-state index contributed by atoms with van der Waals surface area (Å²) < 4.78 is 22.4. The summed E-state index contributed by atoms with van der Waals surface area (Å²) in [5.74, 6) is 12.2. The third-order valence-electron chi connectivity index (χ3n) is 18.9. The first-order chi connectivity index (χ1) is 62.4. The van der Waals surface area contributed by atoms with Crippen molar-refractivity contribution in [1.82, 2.24) is 80.0 Å². The Hall–Kier alpha value is -6.48. The average Bonchev–Trinajstić information content (AvgIpc) is 1.83. The largest absolute Gasteiger partial charge is 0.353 e. The molecule has 28 heteroatoms. The molecule has 11 aromatic rings. The summed E-state index contributed by atoms with van der Waals surface area (Å²) >= 11 is 15.3. The van der Waals surface area contributed by atoms with Gasteiger partial charge in [0.05, 0.1) is 59.2 Å². The topological polar surface area (TPSA) is 224 Å². The number of rotatable bonds is 0. The molecule has 5 saturated heterocycles. The Labute approximate surface area is 832 Å². The number of nitrogens with zero attached hydrogens (tertiary/aromatic N) is 16. The van der Waals surface area contributed by atoms with Gasteiger partial charge in [0.25, 0.3) is 0 Å². The zero-order chi connectivity index (χ0) is 98.9. The Balaban J connectivity index is 0.000000701. The number of benzene rings is 1.